The van der Waals surface area contributed by atoms with Crippen LogP contribution in [0, 0.1) is 6.92 Å². The Morgan fingerprint density at radius 3 is 3.11 bits per heavy atom. The molecule has 2 heterocycles. The van der Waals surface area contributed by atoms with Crippen molar-refractivity contribution in [1.29, 1.82) is 0 Å². The van der Waals surface area contributed by atoms with Crippen LogP contribution in [0.2, 0.25) is 0 Å². The van der Waals surface area contributed by atoms with Gasteiger partial charge in [-0.3, -0.25) is 4.79 Å². The minimum atomic E-state index is -0.0461. The normalized spacial score (nSPS) is 21.3. The molecule has 1 aromatic rings. The molecule has 0 radical (unpaired) electrons. The van der Waals surface area contributed by atoms with Crippen LogP contribution in [0.15, 0.2) is 10.6 Å². The van der Waals surface area contributed by atoms with Gasteiger partial charge in [0.2, 0.25) is 5.91 Å². The molecular weight excluding hydrogens is 230 g/mol. The summed E-state index contributed by atoms with van der Waals surface area (Å²) in [4.78, 5) is 14.1. The third-order valence-corrected chi connectivity index (χ3v) is 3.51. The van der Waals surface area contributed by atoms with Gasteiger partial charge < -0.3 is 15.2 Å². The van der Waals surface area contributed by atoms with Crippen molar-refractivity contribution in [2.75, 3.05) is 6.54 Å². The third-order valence-electron chi connectivity index (χ3n) is 3.51. The number of likely N-dealkylation sites (tertiary alicyclic amines) is 1. The molecule has 0 saturated carbocycles. The number of nitrogens with zero attached hydrogens (tertiary/aromatic N) is 2. The van der Waals surface area contributed by atoms with Crippen molar-refractivity contribution >= 4 is 5.91 Å². The average molecular weight is 251 g/mol. The second kappa shape index (κ2) is 5.52. The zero-order valence-corrected chi connectivity index (χ0v) is 11.1. The standard InChI is InChI=1S/C13H21N3O2/c1-3-10(14)8-13(17)16-6-4-5-11(16)12-7-9(2)15-18-12/h7,10-11H,3-6,8,14H2,1-2H3. The fourth-order valence-corrected chi connectivity index (χ4v) is 2.39. The van der Waals surface area contributed by atoms with Crippen LogP contribution >= 0.6 is 0 Å². The lowest BCUT2D eigenvalue weighted by Gasteiger charge is -2.23. The topological polar surface area (TPSA) is 72.4 Å². The van der Waals surface area contributed by atoms with Crippen molar-refractivity contribution in [3.8, 4) is 0 Å². The zero-order valence-electron chi connectivity index (χ0n) is 11.1. The maximum absolute atomic E-state index is 12.2. The largest absolute Gasteiger partial charge is 0.359 e. The van der Waals surface area contributed by atoms with Crippen LogP contribution in [0.3, 0.4) is 0 Å². The fraction of sp³-hybridized carbons (Fsp3) is 0.692. The van der Waals surface area contributed by atoms with Crippen molar-refractivity contribution in [3.05, 3.63) is 17.5 Å². The number of carbonyl (C=O) groups excluding carboxylic acids is 1. The van der Waals surface area contributed by atoms with Crippen LogP contribution < -0.4 is 5.73 Å². The minimum Gasteiger partial charge on any atom is -0.359 e. The lowest BCUT2D eigenvalue weighted by molar-refractivity contribution is -0.132. The van der Waals surface area contributed by atoms with Crippen LogP contribution in [0.1, 0.15) is 50.1 Å². The van der Waals surface area contributed by atoms with Gasteiger partial charge in [-0.05, 0) is 26.2 Å². The molecule has 2 atom stereocenters. The number of aryl methyl sites for hydroxylation is 1. The molecule has 1 aliphatic rings. The first kappa shape index (κ1) is 13.1. The first-order valence-electron chi connectivity index (χ1n) is 6.60. The number of rotatable bonds is 4. The van der Waals surface area contributed by atoms with Crippen LogP contribution in [-0.4, -0.2) is 28.6 Å². The van der Waals surface area contributed by atoms with Gasteiger partial charge in [-0.15, -0.1) is 0 Å². The van der Waals surface area contributed by atoms with Gasteiger partial charge >= 0.3 is 0 Å². The summed E-state index contributed by atoms with van der Waals surface area (Å²) in [5, 5.41) is 3.89. The predicted molar refractivity (Wildman–Crippen MR) is 67.8 cm³/mol. The summed E-state index contributed by atoms with van der Waals surface area (Å²) in [6.07, 6.45) is 3.20. The summed E-state index contributed by atoms with van der Waals surface area (Å²) in [5.74, 6) is 0.921. The highest BCUT2D eigenvalue weighted by molar-refractivity contribution is 5.77. The number of hydrogen-bond acceptors (Lipinski definition) is 4. The van der Waals surface area contributed by atoms with Crippen LogP contribution in [-0.2, 0) is 4.79 Å². The summed E-state index contributed by atoms with van der Waals surface area (Å²) in [6.45, 7) is 4.68. The van der Waals surface area contributed by atoms with Crippen LogP contribution in [0.4, 0.5) is 0 Å². The molecule has 1 fully saturated rings. The number of amides is 1. The Kier molecular flexibility index (Phi) is 4.01. The van der Waals surface area contributed by atoms with Gasteiger partial charge in [-0.25, -0.2) is 0 Å². The minimum absolute atomic E-state index is 0.0442. The zero-order chi connectivity index (χ0) is 13.1. The van der Waals surface area contributed by atoms with Gasteiger partial charge in [-0.1, -0.05) is 12.1 Å². The van der Waals surface area contributed by atoms with Gasteiger partial charge in [-0.2, -0.15) is 0 Å². The highest BCUT2D eigenvalue weighted by atomic mass is 16.5. The summed E-state index contributed by atoms with van der Waals surface area (Å²) < 4.78 is 5.28. The van der Waals surface area contributed by atoms with E-state index in [-0.39, 0.29) is 18.0 Å². The first-order chi connectivity index (χ1) is 8.61. The van der Waals surface area contributed by atoms with E-state index in [9.17, 15) is 4.79 Å². The molecule has 18 heavy (non-hydrogen) atoms. The van der Waals surface area contributed by atoms with Gasteiger partial charge in [0.15, 0.2) is 5.76 Å². The Balaban J connectivity index is 2.05. The first-order valence-corrected chi connectivity index (χ1v) is 6.60. The quantitative estimate of drug-likeness (QED) is 0.885. The molecule has 1 saturated heterocycles. The Bertz CT molecular complexity index is 416. The highest BCUT2D eigenvalue weighted by Crippen LogP contribution is 2.32. The fourth-order valence-electron chi connectivity index (χ4n) is 2.39. The Morgan fingerprint density at radius 1 is 1.72 bits per heavy atom. The number of aromatic nitrogens is 1. The van der Waals surface area contributed by atoms with Gasteiger partial charge in [0.25, 0.3) is 0 Å². The van der Waals surface area contributed by atoms with E-state index in [1.807, 2.05) is 24.8 Å². The van der Waals surface area contributed by atoms with Crippen molar-refractivity contribution in [2.24, 2.45) is 5.73 Å². The molecule has 1 aliphatic heterocycles. The number of nitrogens with two attached hydrogens (primary N) is 1. The third kappa shape index (κ3) is 2.72. The lowest BCUT2D eigenvalue weighted by atomic mass is 10.1. The van der Waals surface area contributed by atoms with E-state index in [4.69, 9.17) is 10.3 Å². The molecular formula is C13H21N3O2. The Labute approximate surface area is 107 Å². The van der Waals surface area contributed by atoms with Crippen LogP contribution in [0.5, 0.6) is 0 Å². The summed E-state index contributed by atoms with van der Waals surface area (Å²) >= 11 is 0. The second-order valence-corrected chi connectivity index (χ2v) is 4.99. The van der Waals surface area contributed by atoms with Crippen molar-refractivity contribution in [2.45, 2.75) is 51.6 Å². The monoisotopic (exact) mass is 251 g/mol. The summed E-state index contributed by atoms with van der Waals surface area (Å²) in [7, 11) is 0. The SMILES string of the molecule is CCC(N)CC(=O)N1CCCC1c1cc(C)no1. The summed E-state index contributed by atoms with van der Waals surface area (Å²) in [6, 6.07) is 1.91. The molecule has 100 valence electrons. The molecule has 2 N–H and O–H groups in total. The molecule has 0 aromatic carbocycles. The van der Waals surface area contributed by atoms with Gasteiger partial charge in [0, 0.05) is 25.1 Å². The van der Waals surface area contributed by atoms with E-state index in [2.05, 4.69) is 5.16 Å². The van der Waals surface area contributed by atoms with E-state index in [0.29, 0.717) is 6.42 Å². The molecule has 0 spiro atoms. The van der Waals surface area contributed by atoms with Crippen molar-refractivity contribution < 1.29 is 9.32 Å². The smallest absolute Gasteiger partial charge is 0.224 e. The van der Waals surface area contributed by atoms with Crippen molar-refractivity contribution in [3.63, 3.8) is 0 Å². The average Bonchev–Trinajstić information content (AvgIpc) is 2.96. The molecule has 0 bridgehead atoms. The molecule has 1 aromatic heterocycles. The summed E-state index contributed by atoms with van der Waals surface area (Å²) in [5.41, 5.74) is 6.70. The maximum Gasteiger partial charge on any atom is 0.224 e. The Morgan fingerprint density at radius 2 is 2.50 bits per heavy atom. The second-order valence-electron chi connectivity index (χ2n) is 4.99. The van der Waals surface area contributed by atoms with Crippen LogP contribution in [0.25, 0.3) is 0 Å². The number of carbonyl (C=O) groups is 1. The van der Waals surface area contributed by atoms with E-state index in [1.165, 1.54) is 0 Å². The van der Waals surface area contributed by atoms with Crippen molar-refractivity contribution in [1.82, 2.24) is 10.1 Å². The molecule has 5 heteroatoms. The molecule has 0 aliphatic carbocycles. The molecule has 1 amide bonds. The lowest BCUT2D eigenvalue weighted by Crippen LogP contribution is -2.35. The maximum atomic E-state index is 12.2. The number of hydrogen-bond donors (Lipinski definition) is 1. The van der Waals surface area contributed by atoms with Gasteiger partial charge in [0.05, 0.1) is 11.7 Å². The van der Waals surface area contributed by atoms with E-state index in [0.717, 1.165) is 37.3 Å². The Hall–Kier alpha value is -1.36. The molecule has 2 rings (SSSR count). The van der Waals surface area contributed by atoms with E-state index >= 15 is 0 Å². The molecule has 2 unspecified atom stereocenters. The highest BCUT2D eigenvalue weighted by Gasteiger charge is 2.32. The van der Waals surface area contributed by atoms with Gasteiger partial charge in [0.1, 0.15) is 0 Å². The molecule has 5 nitrogen and oxygen atoms in total. The predicted octanol–water partition coefficient (Wildman–Crippen LogP) is 1.77. The van der Waals surface area contributed by atoms with E-state index < -0.39 is 0 Å². The van der Waals surface area contributed by atoms with E-state index in [1.54, 1.807) is 0 Å².